The molecule has 2 aromatic carbocycles. The van der Waals surface area contributed by atoms with Crippen molar-refractivity contribution >= 4 is 18.2 Å². The Kier molecular flexibility index (Phi) is 8.17. The molecule has 1 aliphatic heterocycles. The van der Waals surface area contributed by atoms with Crippen LogP contribution in [0.2, 0.25) is 0 Å². The van der Waals surface area contributed by atoms with Gasteiger partial charge in [0.25, 0.3) is 0 Å². The summed E-state index contributed by atoms with van der Waals surface area (Å²) in [4.78, 5) is 14.7. The third-order valence-electron chi connectivity index (χ3n) is 5.07. The van der Waals surface area contributed by atoms with Gasteiger partial charge in [-0.3, -0.25) is 9.69 Å². The molecule has 0 N–H and O–H groups in total. The van der Waals surface area contributed by atoms with E-state index in [0.29, 0.717) is 6.42 Å². The van der Waals surface area contributed by atoms with Crippen LogP contribution < -0.4 is 0 Å². The van der Waals surface area contributed by atoms with E-state index in [1.54, 1.807) is 0 Å². The maximum Gasteiger partial charge on any atom is 0.162 e. The number of hydrogen-bond donors (Lipinski definition) is 0. The van der Waals surface area contributed by atoms with Crippen molar-refractivity contribution in [2.24, 2.45) is 5.92 Å². The number of Topliss-reactive ketones (excluding diaryl/α,β-unsaturated/α-hetero) is 1. The van der Waals surface area contributed by atoms with Gasteiger partial charge in [0.15, 0.2) is 5.78 Å². The summed E-state index contributed by atoms with van der Waals surface area (Å²) in [6.45, 7) is 3.44. The summed E-state index contributed by atoms with van der Waals surface area (Å²) in [6, 6.07) is 20.4. The lowest BCUT2D eigenvalue weighted by Gasteiger charge is -2.32. The van der Waals surface area contributed by atoms with E-state index < -0.39 is 0 Å². The molecule has 0 aliphatic carbocycles. The highest BCUT2D eigenvalue weighted by molar-refractivity contribution is 5.95. The molecule has 0 bridgehead atoms. The Morgan fingerprint density at radius 2 is 1.52 bits per heavy atom. The van der Waals surface area contributed by atoms with Gasteiger partial charge in [-0.2, -0.15) is 0 Å². The van der Waals surface area contributed by atoms with E-state index in [1.165, 1.54) is 37.9 Å². The van der Waals surface area contributed by atoms with Crippen molar-refractivity contribution < 1.29 is 4.79 Å². The molecule has 1 fully saturated rings. The minimum absolute atomic E-state index is 0. The van der Waals surface area contributed by atoms with Crippen LogP contribution >= 0.6 is 12.4 Å². The molecule has 2 nitrogen and oxygen atoms in total. The number of piperidine rings is 1. The molecule has 3 rings (SSSR count). The van der Waals surface area contributed by atoms with Gasteiger partial charge in [-0.1, -0.05) is 60.7 Å². The fourth-order valence-electron chi connectivity index (χ4n) is 3.59. The predicted molar refractivity (Wildman–Crippen MR) is 106 cm³/mol. The highest BCUT2D eigenvalue weighted by Crippen LogP contribution is 2.24. The number of hydrogen-bond acceptors (Lipinski definition) is 2. The number of ketones is 1. The minimum atomic E-state index is 0. The standard InChI is InChI=1S/C22H27NO.ClH/c24-22(21-11-5-2-6-12-21)13-7-10-19-14-16-23(17-15-19)18-20-8-3-1-4-9-20;/h1-6,8-9,11-12,19H,7,10,13-18H2;1H. The molecule has 1 heterocycles. The van der Waals surface area contributed by atoms with Gasteiger partial charge in [0.1, 0.15) is 0 Å². The Labute approximate surface area is 157 Å². The average molecular weight is 358 g/mol. The molecule has 0 saturated carbocycles. The van der Waals surface area contributed by atoms with Gasteiger partial charge in [0.2, 0.25) is 0 Å². The summed E-state index contributed by atoms with van der Waals surface area (Å²) in [5.74, 6) is 1.08. The minimum Gasteiger partial charge on any atom is -0.299 e. The normalized spacial score (nSPS) is 15.5. The van der Waals surface area contributed by atoms with Gasteiger partial charge in [-0.25, -0.2) is 0 Å². The van der Waals surface area contributed by atoms with Crippen LogP contribution in [0.3, 0.4) is 0 Å². The van der Waals surface area contributed by atoms with Crippen LogP contribution in [0.4, 0.5) is 0 Å². The zero-order valence-corrected chi connectivity index (χ0v) is 15.6. The Balaban J connectivity index is 0.00000225. The van der Waals surface area contributed by atoms with Crippen molar-refractivity contribution in [3.05, 3.63) is 71.8 Å². The van der Waals surface area contributed by atoms with Crippen LogP contribution in [-0.4, -0.2) is 23.8 Å². The summed E-state index contributed by atoms with van der Waals surface area (Å²) in [5.41, 5.74) is 2.26. The lowest BCUT2D eigenvalue weighted by atomic mass is 9.90. The lowest BCUT2D eigenvalue weighted by molar-refractivity contribution is 0.0974. The van der Waals surface area contributed by atoms with Crippen molar-refractivity contribution in [1.29, 1.82) is 0 Å². The molecule has 0 spiro atoms. The number of likely N-dealkylation sites (tertiary alicyclic amines) is 1. The SMILES string of the molecule is Cl.O=C(CCCC1CCN(Cc2ccccc2)CC1)c1ccccc1. The molecule has 0 aromatic heterocycles. The zero-order chi connectivity index (χ0) is 16.6. The first kappa shape index (κ1) is 19.7. The van der Waals surface area contributed by atoms with Crippen molar-refractivity contribution in [2.75, 3.05) is 13.1 Å². The number of benzene rings is 2. The van der Waals surface area contributed by atoms with Gasteiger partial charge >= 0.3 is 0 Å². The number of halogens is 1. The molecule has 0 unspecified atom stereocenters. The zero-order valence-electron chi connectivity index (χ0n) is 14.8. The van der Waals surface area contributed by atoms with Crippen LogP contribution in [0.1, 0.15) is 48.0 Å². The maximum atomic E-state index is 12.1. The van der Waals surface area contributed by atoms with Crippen LogP contribution in [0.15, 0.2) is 60.7 Å². The molecule has 3 heteroatoms. The Morgan fingerprint density at radius 1 is 0.920 bits per heavy atom. The third-order valence-corrected chi connectivity index (χ3v) is 5.07. The molecular weight excluding hydrogens is 330 g/mol. The number of nitrogens with zero attached hydrogens (tertiary/aromatic N) is 1. The molecule has 1 saturated heterocycles. The van der Waals surface area contributed by atoms with Gasteiger partial charge in [0, 0.05) is 18.5 Å². The van der Waals surface area contributed by atoms with Crippen molar-refractivity contribution in [3.63, 3.8) is 0 Å². The molecule has 0 atom stereocenters. The first-order valence-corrected chi connectivity index (χ1v) is 9.16. The van der Waals surface area contributed by atoms with Gasteiger partial charge in [-0.05, 0) is 50.3 Å². The fourth-order valence-corrected chi connectivity index (χ4v) is 3.59. The first-order chi connectivity index (χ1) is 11.8. The van der Waals surface area contributed by atoms with E-state index in [2.05, 4.69) is 35.2 Å². The molecular formula is C22H28ClNO. The Hall–Kier alpha value is -1.64. The summed E-state index contributed by atoms with van der Waals surface area (Å²) < 4.78 is 0. The van der Waals surface area contributed by atoms with Gasteiger partial charge in [-0.15, -0.1) is 12.4 Å². The van der Waals surface area contributed by atoms with Crippen molar-refractivity contribution in [2.45, 2.75) is 38.6 Å². The van der Waals surface area contributed by atoms with E-state index in [1.807, 2.05) is 30.3 Å². The maximum absolute atomic E-state index is 12.1. The van der Waals surface area contributed by atoms with Crippen LogP contribution in [0.25, 0.3) is 0 Å². The topological polar surface area (TPSA) is 20.3 Å². The Bertz CT molecular complexity index is 621. The van der Waals surface area contributed by atoms with E-state index >= 15 is 0 Å². The van der Waals surface area contributed by atoms with E-state index in [4.69, 9.17) is 0 Å². The monoisotopic (exact) mass is 357 g/mol. The summed E-state index contributed by atoms with van der Waals surface area (Å²) >= 11 is 0. The molecule has 0 radical (unpaired) electrons. The van der Waals surface area contributed by atoms with Crippen LogP contribution in [-0.2, 0) is 6.54 Å². The highest BCUT2D eigenvalue weighted by Gasteiger charge is 2.19. The van der Waals surface area contributed by atoms with Gasteiger partial charge in [0.05, 0.1) is 0 Å². The lowest BCUT2D eigenvalue weighted by Crippen LogP contribution is -2.33. The largest absolute Gasteiger partial charge is 0.299 e. The molecule has 25 heavy (non-hydrogen) atoms. The summed E-state index contributed by atoms with van der Waals surface area (Å²) in [7, 11) is 0. The summed E-state index contributed by atoms with van der Waals surface area (Å²) in [5, 5.41) is 0. The van der Waals surface area contributed by atoms with Gasteiger partial charge < -0.3 is 0 Å². The van der Waals surface area contributed by atoms with Crippen molar-refractivity contribution in [1.82, 2.24) is 4.90 Å². The predicted octanol–water partition coefficient (Wildman–Crippen LogP) is 5.37. The molecule has 0 amide bonds. The van der Waals surface area contributed by atoms with Crippen LogP contribution in [0.5, 0.6) is 0 Å². The second-order valence-corrected chi connectivity index (χ2v) is 6.89. The quantitative estimate of drug-likeness (QED) is 0.620. The number of carbonyl (C=O) groups is 1. The second-order valence-electron chi connectivity index (χ2n) is 6.89. The molecule has 2 aromatic rings. The second kappa shape index (κ2) is 10.4. The van der Waals surface area contributed by atoms with E-state index in [9.17, 15) is 4.79 Å². The molecule has 1 aliphatic rings. The number of carbonyl (C=O) groups excluding carboxylic acids is 1. The average Bonchev–Trinajstić information content (AvgIpc) is 2.65. The van der Waals surface area contributed by atoms with Crippen LogP contribution in [0, 0.1) is 5.92 Å². The summed E-state index contributed by atoms with van der Waals surface area (Å²) in [6.07, 6.45) is 5.45. The van der Waals surface area contributed by atoms with E-state index in [0.717, 1.165) is 24.4 Å². The molecule has 134 valence electrons. The van der Waals surface area contributed by atoms with E-state index in [-0.39, 0.29) is 18.2 Å². The highest BCUT2D eigenvalue weighted by atomic mass is 35.5. The third kappa shape index (κ3) is 6.30. The smallest absolute Gasteiger partial charge is 0.162 e. The number of rotatable bonds is 7. The Morgan fingerprint density at radius 3 is 2.16 bits per heavy atom. The first-order valence-electron chi connectivity index (χ1n) is 9.16. The fraction of sp³-hybridized carbons (Fsp3) is 0.409. The van der Waals surface area contributed by atoms with Crippen molar-refractivity contribution in [3.8, 4) is 0 Å².